The van der Waals surface area contributed by atoms with E-state index in [1.54, 1.807) is 0 Å². The first kappa shape index (κ1) is 28.5. The molecule has 7 heteroatoms. The molecule has 2 saturated heterocycles. The van der Waals surface area contributed by atoms with Gasteiger partial charge in [-0.15, -0.1) is 0 Å². The van der Waals surface area contributed by atoms with Crippen LogP contribution in [0.1, 0.15) is 117 Å². The van der Waals surface area contributed by atoms with Crippen LogP contribution >= 0.6 is 0 Å². The topological polar surface area (TPSA) is 105 Å². The summed E-state index contributed by atoms with van der Waals surface area (Å²) < 4.78 is 17.3. The van der Waals surface area contributed by atoms with Gasteiger partial charge in [0.05, 0.1) is 30.5 Å². The van der Waals surface area contributed by atoms with Gasteiger partial charge < -0.3 is 29.5 Å². The van der Waals surface area contributed by atoms with Gasteiger partial charge in [-0.1, -0.05) is 58.3 Å². The minimum atomic E-state index is -0.932. The second-order valence-electron chi connectivity index (χ2n) is 10.4. The Kier molecular flexibility index (Phi) is 12.6. The highest BCUT2D eigenvalue weighted by Crippen LogP contribution is 2.34. The van der Waals surface area contributed by atoms with Crippen LogP contribution in [0.15, 0.2) is 0 Å². The lowest BCUT2D eigenvalue weighted by Gasteiger charge is -2.23. The molecule has 0 saturated carbocycles. The number of carbonyl (C=O) groups excluding carboxylic acids is 1. The monoisotopic (exact) mass is 472 g/mol. The van der Waals surface area contributed by atoms with Crippen LogP contribution in [0.4, 0.5) is 0 Å². The molecule has 0 bridgehead atoms. The van der Waals surface area contributed by atoms with Crippen molar-refractivity contribution < 1.29 is 34.3 Å². The van der Waals surface area contributed by atoms with Gasteiger partial charge in [0.1, 0.15) is 6.10 Å². The van der Waals surface area contributed by atoms with Crippen LogP contribution in [-0.2, 0) is 19.0 Å². The summed E-state index contributed by atoms with van der Waals surface area (Å²) in [6, 6.07) is 0. The molecule has 0 unspecified atom stereocenters. The van der Waals surface area contributed by atoms with Gasteiger partial charge in [-0.2, -0.15) is 0 Å². The van der Waals surface area contributed by atoms with Crippen molar-refractivity contribution in [2.45, 2.75) is 159 Å². The minimum Gasteiger partial charge on any atom is -0.460 e. The molecule has 2 rings (SSSR count). The zero-order chi connectivity index (χ0) is 24.3. The van der Waals surface area contributed by atoms with E-state index in [0.29, 0.717) is 25.7 Å². The molecular formula is C26H48O7. The molecule has 0 aromatic carbocycles. The van der Waals surface area contributed by atoms with Crippen molar-refractivity contribution in [2.24, 2.45) is 0 Å². The molecule has 7 nitrogen and oxygen atoms in total. The number of aliphatic hydroxyl groups excluding tert-OH is 3. The SMILES string of the molecule is CCCCCCCCCC[C@@H]1OC(C)(C)O[C@@H]1CC[C@H](O)[C@H](O)CC[C@@H](O)[C@H]1CCC(=O)O1. The Bertz CT molecular complexity index is 553. The first-order valence-corrected chi connectivity index (χ1v) is 13.3. The van der Waals surface area contributed by atoms with Crippen molar-refractivity contribution in [2.75, 3.05) is 0 Å². The number of cyclic esters (lactones) is 1. The molecule has 6 atom stereocenters. The van der Waals surface area contributed by atoms with E-state index in [1.807, 2.05) is 13.8 Å². The van der Waals surface area contributed by atoms with Gasteiger partial charge in [-0.25, -0.2) is 0 Å². The normalized spacial score (nSPS) is 27.5. The molecule has 33 heavy (non-hydrogen) atoms. The van der Waals surface area contributed by atoms with E-state index in [2.05, 4.69) is 6.92 Å². The second kappa shape index (κ2) is 14.6. The number of unbranched alkanes of at least 4 members (excludes halogenated alkanes) is 7. The van der Waals surface area contributed by atoms with Crippen molar-refractivity contribution in [1.29, 1.82) is 0 Å². The Morgan fingerprint density at radius 1 is 0.848 bits per heavy atom. The van der Waals surface area contributed by atoms with Gasteiger partial charge in [-0.05, 0) is 52.4 Å². The number of aliphatic hydroxyl groups is 3. The van der Waals surface area contributed by atoms with Gasteiger partial charge in [0, 0.05) is 6.42 Å². The highest BCUT2D eigenvalue weighted by atomic mass is 16.7. The largest absolute Gasteiger partial charge is 0.460 e. The molecule has 0 aromatic heterocycles. The fourth-order valence-electron chi connectivity index (χ4n) is 4.94. The van der Waals surface area contributed by atoms with Crippen LogP contribution in [0.25, 0.3) is 0 Å². The van der Waals surface area contributed by atoms with Crippen LogP contribution in [-0.4, -0.2) is 63.7 Å². The van der Waals surface area contributed by atoms with Crippen molar-refractivity contribution in [3.63, 3.8) is 0 Å². The Morgan fingerprint density at radius 3 is 2.03 bits per heavy atom. The van der Waals surface area contributed by atoms with E-state index in [9.17, 15) is 20.1 Å². The van der Waals surface area contributed by atoms with Crippen LogP contribution in [0.2, 0.25) is 0 Å². The summed E-state index contributed by atoms with van der Waals surface area (Å²) in [6.07, 6.45) is 10.3. The van der Waals surface area contributed by atoms with Crippen molar-refractivity contribution in [1.82, 2.24) is 0 Å². The molecule has 0 spiro atoms. The molecule has 2 aliphatic heterocycles. The molecule has 2 heterocycles. The van der Waals surface area contributed by atoms with Gasteiger partial charge in [-0.3, -0.25) is 4.79 Å². The Hall–Kier alpha value is -0.730. The van der Waals surface area contributed by atoms with Crippen LogP contribution in [0, 0.1) is 0 Å². The fourth-order valence-corrected chi connectivity index (χ4v) is 4.94. The van der Waals surface area contributed by atoms with Gasteiger partial charge in [0.15, 0.2) is 5.79 Å². The van der Waals surface area contributed by atoms with E-state index in [4.69, 9.17) is 14.2 Å². The maximum absolute atomic E-state index is 11.2. The Labute approximate surface area is 200 Å². The van der Waals surface area contributed by atoms with E-state index >= 15 is 0 Å². The number of rotatable bonds is 17. The van der Waals surface area contributed by atoms with Gasteiger partial charge >= 0.3 is 5.97 Å². The van der Waals surface area contributed by atoms with Crippen molar-refractivity contribution >= 4 is 5.97 Å². The molecule has 2 fully saturated rings. The van der Waals surface area contributed by atoms with Gasteiger partial charge in [0.25, 0.3) is 0 Å². The summed E-state index contributed by atoms with van der Waals surface area (Å²) in [5, 5.41) is 30.9. The van der Waals surface area contributed by atoms with Crippen LogP contribution < -0.4 is 0 Å². The fraction of sp³-hybridized carbons (Fsp3) is 0.962. The summed E-state index contributed by atoms with van der Waals surface area (Å²) in [6.45, 7) is 6.09. The zero-order valence-corrected chi connectivity index (χ0v) is 21.0. The lowest BCUT2D eigenvalue weighted by atomic mass is 9.96. The molecule has 0 amide bonds. The number of esters is 1. The lowest BCUT2D eigenvalue weighted by Crippen LogP contribution is -2.32. The molecule has 0 aliphatic carbocycles. The predicted octanol–water partition coefficient (Wildman–Crippen LogP) is 4.39. The lowest BCUT2D eigenvalue weighted by molar-refractivity contribution is -0.148. The van der Waals surface area contributed by atoms with E-state index in [1.165, 1.54) is 44.9 Å². The number of ether oxygens (including phenoxy) is 3. The first-order chi connectivity index (χ1) is 15.7. The van der Waals surface area contributed by atoms with E-state index in [-0.39, 0.29) is 31.0 Å². The average molecular weight is 473 g/mol. The summed E-state index contributed by atoms with van der Waals surface area (Å²) in [4.78, 5) is 11.2. The molecule has 194 valence electrons. The van der Waals surface area contributed by atoms with Crippen molar-refractivity contribution in [3.05, 3.63) is 0 Å². The third-order valence-corrected chi connectivity index (χ3v) is 6.92. The van der Waals surface area contributed by atoms with Crippen LogP contribution in [0.3, 0.4) is 0 Å². The maximum atomic E-state index is 11.2. The summed E-state index contributed by atoms with van der Waals surface area (Å²) in [5.74, 6) is -0.912. The third kappa shape index (κ3) is 10.6. The number of hydrogen-bond donors (Lipinski definition) is 3. The Balaban J connectivity index is 1.65. The maximum Gasteiger partial charge on any atom is 0.306 e. The number of carbonyl (C=O) groups is 1. The summed E-state index contributed by atoms with van der Waals surface area (Å²) in [5.41, 5.74) is 0. The zero-order valence-electron chi connectivity index (χ0n) is 21.0. The number of hydrogen-bond acceptors (Lipinski definition) is 7. The third-order valence-electron chi connectivity index (χ3n) is 6.92. The highest BCUT2D eigenvalue weighted by Gasteiger charge is 2.41. The molecule has 0 aromatic rings. The van der Waals surface area contributed by atoms with E-state index in [0.717, 1.165) is 12.8 Å². The quantitative estimate of drug-likeness (QED) is 0.213. The second-order valence-corrected chi connectivity index (χ2v) is 10.4. The van der Waals surface area contributed by atoms with Crippen molar-refractivity contribution in [3.8, 4) is 0 Å². The van der Waals surface area contributed by atoms with Crippen LogP contribution in [0.5, 0.6) is 0 Å². The first-order valence-electron chi connectivity index (χ1n) is 13.3. The summed E-state index contributed by atoms with van der Waals surface area (Å²) in [7, 11) is 0. The molecule has 0 radical (unpaired) electrons. The smallest absolute Gasteiger partial charge is 0.306 e. The van der Waals surface area contributed by atoms with E-state index < -0.39 is 30.2 Å². The molecule has 3 N–H and O–H groups in total. The standard InChI is InChI=1S/C26H48O7/c1-4-5-6-7-8-9-10-11-12-23-24(33-26(2,3)32-23)16-15-20(28)19(27)13-14-21(29)22-17-18-25(30)31-22/h19-24,27-29H,4-18H2,1-3H3/t19-,20+,21-,22-,23+,24-/m1/s1. The predicted molar refractivity (Wildman–Crippen MR) is 127 cm³/mol. The summed E-state index contributed by atoms with van der Waals surface area (Å²) >= 11 is 0. The molecule has 2 aliphatic rings. The Morgan fingerprint density at radius 2 is 1.42 bits per heavy atom. The average Bonchev–Trinajstić information content (AvgIpc) is 3.33. The highest BCUT2D eigenvalue weighted by molar-refractivity contribution is 5.71. The molecular weight excluding hydrogens is 424 g/mol. The van der Waals surface area contributed by atoms with Gasteiger partial charge in [0.2, 0.25) is 0 Å². The minimum absolute atomic E-state index is 0.0170.